The fourth-order valence-corrected chi connectivity index (χ4v) is 3.18. The minimum Gasteiger partial charge on any atom is -0.494 e. The molecule has 0 aromatic heterocycles. The molecule has 5 heteroatoms. The van der Waals surface area contributed by atoms with Gasteiger partial charge in [0, 0.05) is 37.8 Å². The van der Waals surface area contributed by atoms with Crippen LogP contribution in [0.15, 0.2) is 54.6 Å². The zero-order valence-corrected chi connectivity index (χ0v) is 17.1. The lowest BCUT2D eigenvalue weighted by Gasteiger charge is -2.34. The summed E-state index contributed by atoms with van der Waals surface area (Å²) in [5.74, 6) is 0.835. The van der Waals surface area contributed by atoms with Crippen LogP contribution in [0.2, 0.25) is 0 Å². The third kappa shape index (κ3) is 5.70. The summed E-state index contributed by atoms with van der Waals surface area (Å²) < 4.78 is 5.57. The van der Waals surface area contributed by atoms with E-state index in [9.17, 15) is 9.59 Å². The molecule has 2 aromatic carbocycles. The molecule has 0 radical (unpaired) electrons. The van der Waals surface area contributed by atoms with Gasteiger partial charge in [0.1, 0.15) is 5.75 Å². The van der Waals surface area contributed by atoms with Crippen LogP contribution in [0, 0.1) is 6.92 Å². The number of benzene rings is 2. The molecule has 0 unspecified atom stereocenters. The molecule has 152 valence electrons. The van der Waals surface area contributed by atoms with Crippen molar-refractivity contribution in [2.45, 2.75) is 20.3 Å². The lowest BCUT2D eigenvalue weighted by atomic mass is 10.1. The standard InChI is InChI=1S/C24H28N2O3/c1-3-18-29-22-11-6-20(7-12-22)8-13-23(27)25-14-16-26(17-15-25)24(28)21-9-4-19(2)5-10-21/h4-13H,3,14-18H2,1-2H3/b13-8+. The molecule has 0 N–H and O–H groups in total. The van der Waals surface area contributed by atoms with Gasteiger partial charge >= 0.3 is 0 Å². The van der Waals surface area contributed by atoms with Gasteiger partial charge < -0.3 is 14.5 Å². The first-order valence-corrected chi connectivity index (χ1v) is 10.1. The fraction of sp³-hybridized carbons (Fsp3) is 0.333. The molecule has 0 bridgehead atoms. The number of aryl methyl sites for hydroxylation is 1. The van der Waals surface area contributed by atoms with Crippen molar-refractivity contribution in [3.8, 4) is 5.75 Å². The van der Waals surface area contributed by atoms with Gasteiger partial charge in [0.05, 0.1) is 6.61 Å². The maximum Gasteiger partial charge on any atom is 0.253 e. The van der Waals surface area contributed by atoms with Gasteiger partial charge in [0.25, 0.3) is 5.91 Å². The van der Waals surface area contributed by atoms with Crippen LogP contribution in [-0.4, -0.2) is 54.4 Å². The van der Waals surface area contributed by atoms with Crippen LogP contribution < -0.4 is 4.74 Å². The monoisotopic (exact) mass is 392 g/mol. The number of rotatable bonds is 6. The Labute approximate surface area is 172 Å². The Morgan fingerprint density at radius 1 is 0.931 bits per heavy atom. The van der Waals surface area contributed by atoms with Gasteiger partial charge in [-0.1, -0.05) is 36.8 Å². The summed E-state index contributed by atoms with van der Waals surface area (Å²) in [5.41, 5.74) is 2.78. The second-order valence-electron chi connectivity index (χ2n) is 7.23. The van der Waals surface area contributed by atoms with Crippen molar-refractivity contribution < 1.29 is 14.3 Å². The summed E-state index contributed by atoms with van der Waals surface area (Å²) in [6, 6.07) is 15.3. The van der Waals surface area contributed by atoms with Crippen LogP contribution in [0.3, 0.4) is 0 Å². The van der Waals surface area contributed by atoms with E-state index < -0.39 is 0 Å². The number of carbonyl (C=O) groups excluding carboxylic acids is 2. The van der Waals surface area contributed by atoms with Gasteiger partial charge in [-0.15, -0.1) is 0 Å². The summed E-state index contributed by atoms with van der Waals surface area (Å²) in [6.45, 7) is 6.97. The molecule has 1 fully saturated rings. The zero-order valence-electron chi connectivity index (χ0n) is 17.1. The maximum atomic E-state index is 12.6. The first-order chi connectivity index (χ1) is 14.1. The highest BCUT2D eigenvalue weighted by Gasteiger charge is 2.23. The minimum absolute atomic E-state index is 0.0259. The van der Waals surface area contributed by atoms with E-state index in [4.69, 9.17) is 4.74 Å². The fourth-order valence-electron chi connectivity index (χ4n) is 3.18. The van der Waals surface area contributed by atoms with Gasteiger partial charge in [-0.3, -0.25) is 9.59 Å². The molecule has 3 rings (SSSR count). The Morgan fingerprint density at radius 3 is 2.17 bits per heavy atom. The number of ether oxygens (including phenoxy) is 1. The Balaban J connectivity index is 1.50. The molecule has 1 heterocycles. The Bertz CT molecular complexity index is 849. The second-order valence-corrected chi connectivity index (χ2v) is 7.23. The molecule has 29 heavy (non-hydrogen) atoms. The van der Waals surface area contributed by atoms with E-state index in [1.54, 1.807) is 11.0 Å². The van der Waals surface area contributed by atoms with E-state index in [1.165, 1.54) is 0 Å². The Hall–Kier alpha value is -3.08. The highest BCUT2D eigenvalue weighted by molar-refractivity contribution is 5.95. The molecule has 1 saturated heterocycles. The molecule has 5 nitrogen and oxygen atoms in total. The van der Waals surface area contributed by atoms with Gasteiger partial charge in [-0.2, -0.15) is 0 Å². The summed E-state index contributed by atoms with van der Waals surface area (Å²) in [5, 5.41) is 0. The largest absolute Gasteiger partial charge is 0.494 e. The lowest BCUT2D eigenvalue weighted by Crippen LogP contribution is -2.50. The molecule has 2 amide bonds. The smallest absolute Gasteiger partial charge is 0.253 e. The van der Waals surface area contributed by atoms with E-state index in [0.717, 1.165) is 23.3 Å². The van der Waals surface area contributed by atoms with Crippen molar-refractivity contribution in [2.24, 2.45) is 0 Å². The SMILES string of the molecule is CCCOc1ccc(/C=C/C(=O)N2CCN(C(=O)c3ccc(C)cc3)CC2)cc1. The van der Waals surface area contributed by atoms with Crippen molar-refractivity contribution in [2.75, 3.05) is 32.8 Å². The van der Waals surface area contributed by atoms with Crippen molar-refractivity contribution in [3.63, 3.8) is 0 Å². The zero-order chi connectivity index (χ0) is 20.6. The van der Waals surface area contributed by atoms with E-state index >= 15 is 0 Å². The van der Waals surface area contributed by atoms with Crippen LogP contribution >= 0.6 is 0 Å². The number of amides is 2. The predicted molar refractivity (Wildman–Crippen MR) is 115 cm³/mol. The van der Waals surface area contributed by atoms with Gasteiger partial charge in [0.15, 0.2) is 0 Å². The first-order valence-electron chi connectivity index (χ1n) is 10.1. The quantitative estimate of drug-likeness (QED) is 0.703. The minimum atomic E-state index is -0.0289. The van der Waals surface area contributed by atoms with E-state index in [0.29, 0.717) is 38.3 Å². The van der Waals surface area contributed by atoms with E-state index in [-0.39, 0.29) is 11.8 Å². The molecule has 1 aliphatic heterocycles. The molecule has 0 aliphatic carbocycles. The summed E-state index contributed by atoms with van der Waals surface area (Å²) in [4.78, 5) is 28.7. The Kier molecular flexibility index (Phi) is 7.06. The van der Waals surface area contributed by atoms with Crippen LogP contribution in [0.25, 0.3) is 6.08 Å². The molecule has 0 spiro atoms. The number of piperazine rings is 1. The van der Waals surface area contributed by atoms with E-state index in [1.807, 2.05) is 66.4 Å². The number of hydrogen-bond donors (Lipinski definition) is 0. The van der Waals surface area contributed by atoms with Gasteiger partial charge in [-0.25, -0.2) is 0 Å². The molecule has 2 aromatic rings. The average Bonchev–Trinajstić information content (AvgIpc) is 2.77. The van der Waals surface area contributed by atoms with Crippen molar-refractivity contribution in [3.05, 3.63) is 71.3 Å². The van der Waals surface area contributed by atoms with Gasteiger partial charge in [-0.05, 0) is 49.2 Å². The Morgan fingerprint density at radius 2 is 1.55 bits per heavy atom. The average molecular weight is 392 g/mol. The number of nitrogens with zero attached hydrogens (tertiary/aromatic N) is 2. The van der Waals surface area contributed by atoms with Crippen molar-refractivity contribution in [1.82, 2.24) is 9.80 Å². The maximum absolute atomic E-state index is 12.6. The van der Waals surface area contributed by atoms with Crippen molar-refractivity contribution >= 4 is 17.9 Å². The highest BCUT2D eigenvalue weighted by atomic mass is 16.5. The highest BCUT2D eigenvalue weighted by Crippen LogP contribution is 2.14. The third-order valence-corrected chi connectivity index (χ3v) is 4.95. The first kappa shape index (κ1) is 20.6. The molecular weight excluding hydrogens is 364 g/mol. The molecule has 1 aliphatic rings. The number of carbonyl (C=O) groups is 2. The third-order valence-electron chi connectivity index (χ3n) is 4.95. The summed E-state index contributed by atoms with van der Waals surface area (Å²) >= 11 is 0. The van der Waals surface area contributed by atoms with Crippen LogP contribution in [0.5, 0.6) is 5.75 Å². The van der Waals surface area contributed by atoms with Gasteiger partial charge in [0.2, 0.25) is 5.91 Å². The molecule has 0 saturated carbocycles. The van der Waals surface area contributed by atoms with Crippen LogP contribution in [0.1, 0.15) is 34.8 Å². The predicted octanol–water partition coefficient (Wildman–Crippen LogP) is 3.78. The normalized spacial score (nSPS) is 14.3. The summed E-state index contributed by atoms with van der Waals surface area (Å²) in [7, 11) is 0. The molecular formula is C24H28N2O3. The van der Waals surface area contributed by atoms with Crippen LogP contribution in [0.4, 0.5) is 0 Å². The topological polar surface area (TPSA) is 49.9 Å². The number of hydrogen-bond acceptors (Lipinski definition) is 3. The lowest BCUT2D eigenvalue weighted by molar-refractivity contribution is -0.127. The van der Waals surface area contributed by atoms with Crippen LogP contribution in [-0.2, 0) is 4.79 Å². The van der Waals surface area contributed by atoms with Crippen molar-refractivity contribution in [1.29, 1.82) is 0 Å². The second kappa shape index (κ2) is 9.92. The molecule has 0 atom stereocenters. The summed E-state index contributed by atoms with van der Waals surface area (Å²) in [6.07, 6.45) is 4.38. The van der Waals surface area contributed by atoms with E-state index in [2.05, 4.69) is 6.92 Å².